The zero-order valence-corrected chi connectivity index (χ0v) is 10.3. The summed E-state index contributed by atoms with van der Waals surface area (Å²) in [5.41, 5.74) is 3.48. The van der Waals surface area contributed by atoms with Gasteiger partial charge in [0.25, 0.3) is 0 Å². The fourth-order valence-corrected chi connectivity index (χ4v) is 1.53. The number of ether oxygens (including phenoxy) is 1. The van der Waals surface area contributed by atoms with Gasteiger partial charge < -0.3 is 4.74 Å². The molecule has 0 saturated carbocycles. The van der Waals surface area contributed by atoms with Crippen LogP contribution < -0.4 is 10.2 Å². The number of rotatable bonds is 6. The number of carbonyl (C=O) groups is 1. The van der Waals surface area contributed by atoms with E-state index in [9.17, 15) is 4.79 Å². The highest BCUT2D eigenvalue weighted by Gasteiger charge is 2.05. The van der Waals surface area contributed by atoms with E-state index in [-0.39, 0.29) is 6.42 Å². The van der Waals surface area contributed by atoms with E-state index in [1.165, 1.54) is 0 Å². The highest BCUT2D eigenvalue weighted by molar-refractivity contribution is 5.77. The van der Waals surface area contributed by atoms with E-state index >= 15 is 0 Å². The van der Waals surface area contributed by atoms with Gasteiger partial charge in [0.15, 0.2) is 0 Å². The van der Waals surface area contributed by atoms with Crippen molar-refractivity contribution in [3.05, 3.63) is 29.3 Å². The molecule has 1 amide bonds. The molecule has 1 aromatic carbocycles. The predicted octanol–water partition coefficient (Wildman–Crippen LogP) is 2.22. The van der Waals surface area contributed by atoms with Gasteiger partial charge in [0.1, 0.15) is 5.75 Å². The number of hydroxylamine groups is 1. The molecular weight excluding hydrogens is 218 g/mol. The van der Waals surface area contributed by atoms with Crippen LogP contribution in [0.4, 0.5) is 0 Å². The van der Waals surface area contributed by atoms with E-state index in [0.717, 1.165) is 29.7 Å². The van der Waals surface area contributed by atoms with E-state index < -0.39 is 5.91 Å². The van der Waals surface area contributed by atoms with E-state index in [4.69, 9.17) is 9.94 Å². The van der Waals surface area contributed by atoms with Crippen LogP contribution in [0, 0.1) is 6.92 Å². The number of amides is 1. The number of unbranched alkanes of at least 4 members (excludes halogenated alkanes) is 1. The minimum Gasteiger partial charge on any atom is -0.493 e. The van der Waals surface area contributed by atoms with E-state index in [2.05, 4.69) is 6.92 Å². The van der Waals surface area contributed by atoms with E-state index in [1.54, 1.807) is 5.48 Å². The quantitative estimate of drug-likeness (QED) is 0.453. The van der Waals surface area contributed by atoms with Crippen LogP contribution in [0.3, 0.4) is 0 Å². The zero-order chi connectivity index (χ0) is 12.7. The van der Waals surface area contributed by atoms with Crippen molar-refractivity contribution in [2.45, 2.75) is 33.1 Å². The SMILES string of the molecule is CCCCOc1ccc(CC(=O)NO)cc1C. The second-order valence-electron chi connectivity index (χ2n) is 4.01. The summed E-state index contributed by atoms with van der Waals surface area (Å²) < 4.78 is 5.61. The van der Waals surface area contributed by atoms with Gasteiger partial charge in [-0.3, -0.25) is 10.0 Å². The third-order valence-electron chi connectivity index (χ3n) is 2.48. The molecule has 0 saturated heterocycles. The number of nitrogens with one attached hydrogen (secondary N) is 1. The van der Waals surface area contributed by atoms with E-state index in [0.29, 0.717) is 6.61 Å². The van der Waals surface area contributed by atoms with Crippen LogP contribution in [-0.4, -0.2) is 17.7 Å². The van der Waals surface area contributed by atoms with Crippen molar-refractivity contribution in [2.24, 2.45) is 0 Å². The molecule has 4 heteroatoms. The summed E-state index contributed by atoms with van der Waals surface area (Å²) in [4.78, 5) is 11.0. The lowest BCUT2D eigenvalue weighted by Gasteiger charge is -2.10. The Labute approximate surface area is 102 Å². The molecule has 0 spiro atoms. The maximum atomic E-state index is 11.0. The highest BCUT2D eigenvalue weighted by atomic mass is 16.5. The second kappa shape index (κ2) is 6.91. The van der Waals surface area contributed by atoms with Gasteiger partial charge in [-0.25, -0.2) is 5.48 Å². The maximum Gasteiger partial charge on any atom is 0.247 e. The number of hydrogen-bond donors (Lipinski definition) is 2. The summed E-state index contributed by atoms with van der Waals surface area (Å²) in [5.74, 6) is 0.440. The lowest BCUT2D eigenvalue weighted by molar-refractivity contribution is -0.128. The molecule has 0 fully saturated rings. The van der Waals surface area contributed by atoms with E-state index in [1.807, 2.05) is 25.1 Å². The van der Waals surface area contributed by atoms with Crippen LogP contribution in [0.25, 0.3) is 0 Å². The van der Waals surface area contributed by atoms with Crippen molar-refractivity contribution in [1.29, 1.82) is 0 Å². The normalized spacial score (nSPS) is 10.1. The number of hydrogen-bond acceptors (Lipinski definition) is 3. The van der Waals surface area contributed by atoms with Crippen molar-refractivity contribution >= 4 is 5.91 Å². The fourth-order valence-electron chi connectivity index (χ4n) is 1.53. The molecule has 0 bridgehead atoms. The Balaban J connectivity index is 2.62. The summed E-state index contributed by atoms with van der Waals surface area (Å²) in [7, 11) is 0. The fraction of sp³-hybridized carbons (Fsp3) is 0.462. The molecule has 0 aliphatic carbocycles. The molecule has 2 N–H and O–H groups in total. The Hall–Kier alpha value is -1.55. The molecule has 0 heterocycles. The first kappa shape index (κ1) is 13.5. The van der Waals surface area contributed by atoms with Crippen LogP contribution >= 0.6 is 0 Å². The molecule has 1 aromatic rings. The van der Waals surface area contributed by atoms with Crippen molar-refractivity contribution in [2.75, 3.05) is 6.61 Å². The lowest BCUT2D eigenvalue weighted by Crippen LogP contribution is -2.20. The van der Waals surface area contributed by atoms with Gasteiger partial charge >= 0.3 is 0 Å². The van der Waals surface area contributed by atoms with Crippen LogP contribution in [0.15, 0.2) is 18.2 Å². The van der Waals surface area contributed by atoms with Gasteiger partial charge in [0.2, 0.25) is 5.91 Å². The minimum absolute atomic E-state index is 0.173. The predicted molar refractivity (Wildman–Crippen MR) is 65.2 cm³/mol. The largest absolute Gasteiger partial charge is 0.493 e. The summed E-state index contributed by atoms with van der Waals surface area (Å²) >= 11 is 0. The molecule has 0 aliphatic rings. The van der Waals surface area contributed by atoms with Crippen molar-refractivity contribution < 1.29 is 14.7 Å². The molecule has 17 heavy (non-hydrogen) atoms. The summed E-state index contributed by atoms with van der Waals surface area (Å²) in [5, 5.41) is 8.44. The molecule has 4 nitrogen and oxygen atoms in total. The third kappa shape index (κ3) is 4.44. The van der Waals surface area contributed by atoms with Gasteiger partial charge in [-0.1, -0.05) is 25.5 Å². The maximum absolute atomic E-state index is 11.0. The Morgan fingerprint density at radius 3 is 2.82 bits per heavy atom. The first-order valence-electron chi connectivity index (χ1n) is 5.82. The van der Waals surface area contributed by atoms with Gasteiger partial charge in [-0.15, -0.1) is 0 Å². The first-order valence-corrected chi connectivity index (χ1v) is 5.82. The molecule has 0 unspecified atom stereocenters. The average molecular weight is 237 g/mol. The Morgan fingerprint density at radius 1 is 1.47 bits per heavy atom. The number of carbonyl (C=O) groups excluding carboxylic acids is 1. The lowest BCUT2D eigenvalue weighted by atomic mass is 10.1. The number of aryl methyl sites for hydroxylation is 1. The topological polar surface area (TPSA) is 58.6 Å². The van der Waals surface area contributed by atoms with Crippen LogP contribution in [0.2, 0.25) is 0 Å². The summed E-state index contributed by atoms with van der Waals surface area (Å²) in [6.07, 6.45) is 2.31. The van der Waals surface area contributed by atoms with Gasteiger partial charge in [-0.05, 0) is 30.5 Å². The molecule has 0 atom stereocenters. The van der Waals surface area contributed by atoms with Crippen LogP contribution in [0.1, 0.15) is 30.9 Å². The van der Waals surface area contributed by atoms with Gasteiger partial charge in [0.05, 0.1) is 13.0 Å². The van der Waals surface area contributed by atoms with Crippen LogP contribution in [0.5, 0.6) is 5.75 Å². The second-order valence-corrected chi connectivity index (χ2v) is 4.01. The standard InChI is InChI=1S/C13H19NO3/c1-3-4-7-17-12-6-5-11(8-10(12)2)9-13(15)14-16/h5-6,8,16H,3-4,7,9H2,1-2H3,(H,14,15). The van der Waals surface area contributed by atoms with Crippen molar-refractivity contribution in [1.82, 2.24) is 5.48 Å². The molecule has 0 radical (unpaired) electrons. The Bertz CT molecular complexity index is 377. The number of benzene rings is 1. The summed E-state index contributed by atoms with van der Waals surface area (Å²) in [6, 6.07) is 5.60. The average Bonchev–Trinajstić information content (AvgIpc) is 2.32. The molecule has 0 aliphatic heterocycles. The van der Waals surface area contributed by atoms with Crippen molar-refractivity contribution in [3.63, 3.8) is 0 Å². The van der Waals surface area contributed by atoms with Gasteiger partial charge in [0, 0.05) is 0 Å². The van der Waals surface area contributed by atoms with Crippen molar-refractivity contribution in [3.8, 4) is 5.75 Å². The summed E-state index contributed by atoms with van der Waals surface area (Å²) in [6.45, 7) is 4.78. The first-order chi connectivity index (χ1) is 8.17. The van der Waals surface area contributed by atoms with Gasteiger partial charge in [-0.2, -0.15) is 0 Å². The third-order valence-corrected chi connectivity index (χ3v) is 2.48. The molecular formula is C13H19NO3. The smallest absolute Gasteiger partial charge is 0.247 e. The minimum atomic E-state index is -0.413. The molecule has 1 rings (SSSR count). The van der Waals surface area contributed by atoms with Crippen LogP contribution in [-0.2, 0) is 11.2 Å². The zero-order valence-electron chi connectivity index (χ0n) is 10.3. The molecule has 94 valence electrons. The Kier molecular flexibility index (Phi) is 5.49. The highest BCUT2D eigenvalue weighted by Crippen LogP contribution is 2.19. The Morgan fingerprint density at radius 2 is 2.24 bits per heavy atom. The monoisotopic (exact) mass is 237 g/mol. The molecule has 0 aromatic heterocycles.